The summed E-state index contributed by atoms with van der Waals surface area (Å²) in [5.41, 5.74) is 1.25. The first-order valence-electron chi connectivity index (χ1n) is 9.14. The number of carbonyl (C=O) groups excluding carboxylic acids is 1. The van der Waals surface area contributed by atoms with Crippen LogP contribution in [0.1, 0.15) is 51.5 Å². The van der Waals surface area contributed by atoms with Gasteiger partial charge in [-0.2, -0.15) is 0 Å². The zero-order valence-electron chi connectivity index (χ0n) is 14.8. The van der Waals surface area contributed by atoms with Crippen LogP contribution >= 0.6 is 0 Å². The van der Waals surface area contributed by atoms with Crippen molar-refractivity contribution in [2.75, 3.05) is 6.54 Å². The van der Waals surface area contributed by atoms with E-state index in [4.69, 9.17) is 5.11 Å². The summed E-state index contributed by atoms with van der Waals surface area (Å²) in [6, 6.07) is 10.5. The summed E-state index contributed by atoms with van der Waals surface area (Å²) in [6.07, 6.45) is 4.46. The summed E-state index contributed by atoms with van der Waals surface area (Å²) in [4.78, 5) is 26.1. The lowest BCUT2D eigenvalue weighted by atomic mass is 9.81. The fourth-order valence-electron chi connectivity index (χ4n) is 3.78. The molecular weight excluding hydrogens is 302 g/mol. The molecule has 1 aliphatic rings. The van der Waals surface area contributed by atoms with Crippen molar-refractivity contribution in [2.24, 2.45) is 11.8 Å². The van der Waals surface area contributed by atoms with Crippen molar-refractivity contribution in [3.8, 4) is 0 Å². The van der Waals surface area contributed by atoms with Crippen molar-refractivity contribution in [1.29, 1.82) is 0 Å². The van der Waals surface area contributed by atoms with Crippen LogP contribution in [-0.4, -0.2) is 34.5 Å². The number of aliphatic carboxylic acids is 1. The molecule has 0 saturated heterocycles. The number of rotatable bonds is 7. The molecule has 1 aromatic rings. The van der Waals surface area contributed by atoms with Crippen LogP contribution in [-0.2, 0) is 16.0 Å². The molecular formula is C20H29NO3. The van der Waals surface area contributed by atoms with Crippen LogP contribution in [0.5, 0.6) is 0 Å². The molecule has 0 radical (unpaired) electrons. The molecule has 1 amide bonds. The van der Waals surface area contributed by atoms with Crippen molar-refractivity contribution < 1.29 is 14.7 Å². The van der Waals surface area contributed by atoms with Gasteiger partial charge in [-0.1, -0.05) is 37.3 Å². The smallest absolute Gasteiger partial charge is 0.306 e. The normalized spacial score (nSPS) is 21.9. The van der Waals surface area contributed by atoms with Crippen molar-refractivity contribution in [1.82, 2.24) is 4.90 Å². The molecule has 1 aromatic carbocycles. The van der Waals surface area contributed by atoms with Crippen LogP contribution in [0.4, 0.5) is 0 Å². The van der Waals surface area contributed by atoms with Gasteiger partial charge in [0.15, 0.2) is 0 Å². The average molecular weight is 331 g/mol. The second-order valence-electron chi connectivity index (χ2n) is 6.76. The van der Waals surface area contributed by atoms with Crippen molar-refractivity contribution in [3.05, 3.63) is 35.9 Å². The van der Waals surface area contributed by atoms with E-state index in [2.05, 4.69) is 19.1 Å². The van der Waals surface area contributed by atoms with Gasteiger partial charge >= 0.3 is 5.97 Å². The number of benzene rings is 1. The molecule has 0 aliphatic heterocycles. The highest BCUT2D eigenvalue weighted by molar-refractivity contribution is 5.80. The summed E-state index contributed by atoms with van der Waals surface area (Å²) >= 11 is 0. The number of amides is 1. The van der Waals surface area contributed by atoms with E-state index in [1.54, 1.807) is 0 Å². The molecule has 1 aliphatic carbocycles. The lowest BCUT2D eigenvalue weighted by Gasteiger charge is -2.35. The Kier molecular flexibility index (Phi) is 6.83. The van der Waals surface area contributed by atoms with Crippen LogP contribution < -0.4 is 0 Å². The molecule has 0 spiro atoms. The average Bonchev–Trinajstić information content (AvgIpc) is 2.62. The van der Waals surface area contributed by atoms with Gasteiger partial charge in [0, 0.05) is 18.5 Å². The molecule has 1 unspecified atom stereocenters. The minimum Gasteiger partial charge on any atom is -0.481 e. The number of carboxylic acids is 1. The van der Waals surface area contributed by atoms with E-state index in [9.17, 15) is 9.59 Å². The predicted octanol–water partition coefficient (Wildman–Crippen LogP) is 3.75. The Labute approximate surface area is 144 Å². The molecule has 0 bridgehead atoms. The number of likely N-dealkylation sites (N-methyl/N-ethyl adjacent to an activating group) is 1. The summed E-state index contributed by atoms with van der Waals surface area (Å²) in [5, 5.41) is 9.11. The number of hydrogen-bond donors (Lipinski definition) is 1. The van der Waals surface area contributed by atoms with Gasteiger partial charge < -0.3 is 10.0 Å². The molecule has 1 atom stereocenters. The molecule has 2 rings (SSSR count). The Balaban J connectivity index is 2.00. The van der Waals surface area contributed by atoms with Gasteiger partial charge in [-0.25, -0.2) is 0 Å². The van der Waals surface area contributed by atoms with E-state index >= 15 is 0 Å². The Hall–Kier alpha value is -1.84. The highest BCUT2D eigenvalue weighted by Gasteiger charge is 2.33. The fourth-order valence-corrected chi connectivity index (χ4v) is 3.78. The Morgan fingerprint density at radius 3 is 2.17 bits per heavy atom. The SMILES string of the molecule is CCC(Cc1ccccc1)N(CC)C(=O)C1CCC(C(=O)O)CC1. The fraction of sp³-hybridized carbons (Fsp3) is 0.600. The first-order chi connectivity index (χ1) is 11.6. The minimum atomic E-state index is -0.719. The number of carbonyl (C=O) groups is 2. The van der Waals surface area contributed by atoms with E-state index in [1.807, 2.05) is 30.0 Å². The molecule has 1 saturated carbocycles. The number of nitrogens with zero attached hydrogens (tertiary/aromatic N) is 1. The third kappa shape index (κ3) is 4.59. The van der Waals surface area contributed by atoms with E-state index in [0.717, 1.165) is 12.8 Å². The molecule has 1 fully saturated rings. The highest BCUT2D eigenvalue weighted by Crippen LogP contribution is 2.31. The van der Waals surface area contributed by atoms with E-state index in [1.165, 1.54) is 5.56 Å². The molecule has 24 heavy (non-hydrogen) atoms. The zero-order valence-corrected chi connectivity index (χ0v) is 14.8. The van der Waals surface area contributed by atoms with Crippen LogP contribution in [0.3, 0.4) is 0 Å². The maximum Gasteiger partial charge on any atom is 0.306 e. The van der Waals surface area contributed by atoms with Gasteiger partial charge in [0.25, 0.3) is 0 Å². The number of hydrogen-bond acceptors (Lipinski definition) is 2. The highest BCUT2D eigenvalue weighted by atomic mass is 16.4. The lowest BCUT2D eigenvalue weighted by Crippen LogP contribution is -2.45. The van der Waals surface area contributed by atoms with Gasteiger partial charge in [0.2, 0.25) is 5.91 Å². The molecule has 4 nitrogen and oxygen atoms in total. The molecule has 132 valence electrons. The first-order valence-corrected chi connectivity index (χ1v) is 9.14. The zero-order chi connectivity index (χ0) is 17.5. The summed E-state index contributed by atoms with van der Waals surface area (Å²) in [7, 11) is 0. The lowest BCUT2D eigenvalue weighted by molar-refractivity contribution is -0.146. The second-order valence-corrected chi connectivity index (χ2v) is 6.76. The molecule has 0 heterocycles. The topological polar surface area (TPSA) is 57.6 Å². The quantitative estimate of drug-likeness (QED) is 0.828. The Morgan fingerprint density at radius 2 is 1.67 bits per heavy atom. The summed E-state index contributed by atoms with van der Waals surface area (Å²) in [5.74, 6) is -0.784. The van der Waals surface area contributed by atoms with Crippen LogP contribution in [0, 0.1) is 11.8 Å². The maximum absolute atomic E-state index is 13.0. The van der Waals surface area contributed by atoms with Crippen molar-refractivity contribution in [2.45, 2.75) is 58.4 Å². The standard InChI is InChI=1S/C20H29NO3/c1-3-18(14-15-8-6-5-7-9-15)21(4-2)19(22)16-10-12-17(13-11-16)20(23)24/h5-9,16-18H,3-4,10-14H2,1-2H3,(H,23,24). The van der Waals surface area contributed by atoms with Gasteiger partial charge in [0.05, 0.1) is 5.92 Å². The van der Waals surface area contributed by atoms with Crippen molar-refractivity contribution in [3.63, 3.8) is 0 Å². The van der Waals surface area contributed by atoms with Gasteiger partial charge in [-0.05, 0) is 51.0 Å². The predicted molar refractivity (Wildman–Crippen MR) is 94.7 cm³/mol. The third-order valence-corrected chi connectivity index (χ3v) is 5.28. The van der Waals surface area contributed by atoms with Gasteiger partial charge in [0.1, 0.15) is 0 Å². The summed E-state index contributed by atoms with van der Waals surface area (Å²) in [6.45, 7) is 4.88. The van der Waals surface area contributed by atoms with E-state index in [-0.39, 0.29) is 23.8 Å². The molecule has 4 heteroatoms. The van der Waals surface area contributed by atoms with Gasteiger partial charge in [-0.3, -0.25) is 9.59 Å². The van der Waals surface area contributed by atoms with Crippen LogP contribution in [0.2, 0.25) is 0 Å². The van der Waals surface area contributed by atoms with E-state index in [0.29, 0.717) is 32.2 Å². The largest absolute Gasteiger partial charge is 0.481 e. The van der Waals surface area contributed by atoms with E-state index < -0.39 is 5.97 Å². The van der Waals surface area contributed by atoms with Crippen molar-refractivity contribution >= 4 is 11.9 Å². The maximum atomic E-state index is 13.0. The monoisotopic (exact) mass is 331 g/mol. The third-order valence-electron chi connectivity index (χ3n) is 5.28. The Morgan fingerprint density at radius 1 is 1.08 bits per heavy atom. The number of carboxylic acid groups (broad SMARTS) is 1. The van der Waals surface area contributed by atoms with Gasteiger partial charge in [-0.15, -0.1) is 0 Å². The molecule has 1 N–H and O–H groups in total. The molecule has 0 aromatic heterocycles. The Bertz CT molecular complexity index is 535. The summed E-state index contributed by atoms with van der Waals surface area (Å²) < 4.78 is 0. The van der Waals surface area contributed by atoms with Crippen LogP contribution in [0.25, 0.3) is 0 Å². The minimum absolute atomic E-state index is 0.00891. The first kappa shape index (κ1) is 18.5. The second kappa shape index (κ2) is 8.86. The van der Waals surface area contributed by atoms with Crippen LogP contribution in [0.15, 0.2) is 30.3 Å².